The molecule has 0 fully saturated rings. The van der Waals surface area contributed by atoms with E-state index in [-0.39, 0.29) is 29.1 Å². The summed E-state index contributed by atoms with van der Waals surface area (Å²) in [5, 5.41) is 13.2. The molecule has 0 spiro atoms. The minimum atomic E-state index is -0.389. The largest absolute Gasteiger partial charge is 0.494 e. The summed E-state index contributed by atoms with van der Waals surface area (Å²) in [5.41, 5.74) is 1.04. The quantitative estimate of drug-likeness (QED) is 0.842. The number of benzene rings is 1. The first-order valence-corrected chi connectivity index (χ1v) is 6.98. The number of rotatable bonds is 6. The number of aliphatic hydroxyl groups excluding tert-OH is 1. The highest BCUT2D eigenvalue weighted by atomic mass is 19.1. The standard InChI is InChI=1S/C16H26FNO2/c1-11(18-10-13(19)9-16(2,3)4)12-6-7-14(17)15(8-12)20-5/h6-8,11,13,18-19H,9-10H2,1-5H3. The Balaban J connectivity index is 2.56. The molecule has 20 heavy (non-hydrogen) atoms. The molecule has 0 amide bonds. The normalized spacial score (nSPS) is 14.9. The molecule has 3 nitrogen and oxygen atoms in total. The summed E-state index contributed by atoms with van der Waals surface area (Å²) in [4.78, 5) is 0. The van der Waals surface area contributed by atoms with Crippen molar-refractivity contribution in [1.82, 2.24) is 5.32 Å². The van der Waals surface area contributed by atoms with E-state index >= 15 is 0 Å². The van der Waals surface area contributed by atoms with Gasteiger partial charge in [-0.25, -0.2) is 4.39 Å². The van der Waals surface area contributed by atoms with E-state index in [1.165, 1.54) is 13.2 Å². The van der Waals surface area contributed by atoms with E-state index in [1.54, 1.807) is 12.1 Å². The van der Waals surface area contributed by atoms with Gasteiger partial charge in [0, 0.05) is 12.6 Å². The molecule has 1 aromatic rings. The Morgan fingerprint density at radius 1 is 1.35 bits per heavy atom. The highest BCUT2D eigenvalue weighted by molar-refractivity contribution is 5.31. The fraction of sp³-hybridized carbons (Fsp3) is 0.625. The molecular formula is C16H26FNO2. The lowest BCUT2D eigenvalue weighted by atomic mass is 9.89. The van der Waals surface area contributed by atoms with Crippen LogP contribution < -0.4 is 10.1 Å². The maximum absolute atomic E-state index is 13.3. The van der Waals surface area contributed by atoms with Crippen molar-refractivity contribution >= 4 is 0 Å². The van der Waals surface area contributed by atoms with Crippen LogP contribution in [0.4, 0.5) is 4.39 Å². The molecule has 0 radical (unpaired) electrons. The number of ether oxygens (including phenoxy) is 1. The molecule has 0 aromatic heterocycles. The van der Waals surface area contributed by atoms with E-state index < -0.39 is 0 Å². The molecule has 0 bridgehead atoms. The second-order valence-corrected chi connectivity index (χ2v) is 6.44. The average molecular weight is 283 g/mol. The lowest BCUT2D eigenvalue weighted by Gasteiger charge is -2.24. The molecule has 2 atom stereocenters. The average Bonchev–Trinajstić information content (AvgIpc) is 2.34. The Labute approximate surface area is 121 Å². The van der Waals surface area contributed by atoms with Crippen molar-refractivity contribution in [3.8, 4) is 5.75 Å². The fourth-order valence-corrected chi connectivity index (χ4v) is 2.16. The van der Waals surface area contributed by atoms with Crippen LogP contribution in [0.25, 0.3) is 0 Å². The van der Waals surface area contributed by atoms with Gasteiger partial charge in [-0.05, 0) is 36.5 Å². The van der Waals surface area contributed by atoms with Gasteiger partial charge in [0.05, 0.1) is 13.2 Å². The fourth-order valence-electron chi connectivity index (χ4n) is 2.16. The van der Waals surface area contributed by atoms with Crippen molar-refractivity contribution in [3.63, 3.8) is 0 Å². The van der Waals surface area contributed by atoms with Gasteiger partial charge in [0.2, 0.25) is 0 Å². The number of methoxy groups -OCH3 is 1. The Morgan fingerprint density at radius 3 is 2.55 bits per heavy atom. The van der Waals surface area contributed by atoms with Crippen LogP contribution in [0.5, 0.6) is 5.75 Å². The molecule has 0 heterocycles. The first kappa shape index (κ1) is 16.9. The van der Waals surface area contributed by atoms with Crippen LogP contribution in [0.15, 0.2) is 18.2 Å². The van der Waals surface area contributed by atoms with Gasteiger partial charge in [0.25, 0.3) is 0 Å². The van der Waals surface area contributed by atoms with Crippen LogP contribution in [-0.2, 0) is 0 Å². The van der Waals surface area contributed by atoms with Gasteiger partial charge in [-0.2, -0.15) is 0 Å². The van der Waals surface area contributed by atoms with Crippen LogP contribution in [-0.4, -0.2) is 24.9 Å². The number of aliphatic hydroxyl groups is 1. The molecule has 0 aliphatic heterocycles. The Bertz CT molecular complexity index is 429. The Hall–Kier alpha value is -1.13. The van der Waals surface area contributed by atoms with Gasteiger partial charge < -0.3 is 15.2 Å². The van der Waals surface area contributed by atoms with Crippen molar-refractivity contribution in [2.45, 2.75) is 46.3 Å². The van der Waals surface area contributed by atoms with Crippen LogP contribution >= 0.6 is 0 Å². The predicted molar refractivity (Wildman–Crippen MR) is 79.4 cm³/mol. The molecule has 1 aromatic carbocycles. The summed E-state index contributed by atoms with van der Waals surface area (Å²) in [5.74, 6) is -0.123. The van der Waals surface area contributed by atoms with E-state index in [0.717, 1.165) is 12.0 Å². The maximum Gasteiger partial charge on any atom is 0.165 e. The summed E-state index contributed by atoms with van der Waals surface area (Å²) in [6, 6.07) is 4.84. The SMILES string of the molecule is COc1cc(C(C)NCC(O)CC(C)(C)C)ccc1F. The van der Waals surface area contributed by atoms with E-state index in [2.05, 4.69) is 26.1 Å². The lowest BCUT2D eigenvalue weighted by molar-refractivity contribution is 0.117. The summed E-state index contributed by atoms with van der Waals surface area (Å²) >= 11 is 0. The highest BCUT2D eigenvalue weighted by Gasteiger charge is 2.17. The summed E-state index contributed by atoms with van der Waals surface area (Å²) < 4.78 is 18.3. The number of halogens is 1. The Kier molecular flexibility index (Phi) is 5.96. The highest BCUT2D eigenvalue weighted by Crippen LogP contribution is 2.23. The zero-order chi connectivity index (χ0) is 15.3. The Morgan fingerprint density at radius 2 is 2.00 bits per heavy atom. The van der Waals surface area contributed by atoms with Gasteiger partial charge in [0.1, 0.15) is 0 Å². The smallest absolute Gasteiger partial charge is 0.165 e. The van der Waals surface area contributed by atoms with E-state index in [4.69, 9.17) is 4.74 Å². The molecule has 2 N–H and O–H groups in total. The maximum atomic E-state index is 13.3. The van der Waals surface area contributed by atoms with Gasteiger partial charge in [-0.1, -0.05) is 26.8 Å². The van der Waals surface area contributed by atoms with Crippen molar-refractivity contribution in [2.24, 2.45) is 5.41 Å². The topological polar surface area (TPSA) is 41.5 Å². The number of hydrogen-bond donors (Lipinski definition) is 2. The van der Waals surface area contributed by atoms with Gasteiger partial charge in [-0.3, -0.25) is 0 Å². The number of hydrogen-bond acceptors (Lipinski definition) is 3. The predicted octanol–water partition coefficient (Wildman–Crippen LogP) is 3.28. The molecular weight excluding hydrogens is 257 g/mol. The summed E-state index contributed by atoms with van der Waals surface area (Å²) in [7, 11) is 1.45. The minimum Gasteiger partial charge on any atom is -0.494 e. The number of nitrogens with one attached hydrogen (secondary N) is 1. The van der Waals surface area contributed by atoms with E-state index in [0.29, 0.717) is 6.54 Å². The monoisotopic (exact) mass is 283 g/mol. The first-order chi connectivity index (χ1) is 9.23. The molecule has 0 aliphatic rings. The minimum absolute atomic E-state index is 0.0270. The summed E-state index contributed by atoms with van der Waals surface area (Å²) in [6.45, 7) is 8.80. The van der Waals surface area contributed by atoms with Gasteiger partial charge in [0.15, 0.2) is 11.6 Å². The molecule has 114 valence electrons. The zero-order valence-electron chi connectivity index (χ0n) is 13.0. The van der Waals surface area contributed by atoms with Crippen molar-refractivity contribution in [1.29, 1.82) is 0 Å². The zero-order valence-corrected chi connectivity index (χ0v) is 13.0. The van der Waals surface area contributed by atoms with Crippen molar-refractivity contribution in [3.05, 3.63) is 29.6 Å². The van der Waals surface area contributed by atoms with Crippen molar-refractivity contribution in [2.75, 3.05) is 13.7 Å². The second-order valence-electron chi connectivity index (χ2n) is 6.44. The molecule has 2 unspecified atom stereocenters. The second kappa shape index (κ2) is 7.04. The lowest BCUT2D eigenvalue weighted by Crippen LogP contribution is -2.31. The van der Waals surface area contributed by atoms with Crippen LogP contribution in [0, 0.1) is 11.2 Å². The van der Waals surface area contributed by atoms with Crippen molar-refractivity contribution < 1.29 is 14.2 Å². The van der Waals surface area contributed by atoms with Gasteiger partial charge >= 0.3 is 0 Å². The molecule has 0 saturated heterocycles. The van der Waals surface area contributed by atoms with Crippen LogP contribution in [0.2, 0.25) is 0 Å². The summed E-state index contributed by atoms with van der Waals surface area (Å²) in [6.07, 6.45) is 0.346. The first-order valence-electron chi connectivity index (χ1n) is 6.98. The molecule has 0 saturated carbocycles. The molecule has 0 aliphatic carbocycles. The molecule has 1 rings (SSSR count). The van der Waals surface area contributed by atoms with E-state index in [1.807, 2.05) is 6.92 Å². The third-order valence-electron chi connectivity index (χ3n) is 3.18. The van der Waals surface area contributed by atoms with Crippen LogP contribution in [0.1, 0.15) is 45.7 Å². The van der Waals surface area contributed by atoms with Crippen LogP contribution in [0.3, 0.4) is 0 Å². The third kappa shape index (κ3) is 5.47. The van der Waals surface area contributed by atoms with Gasteiger partial charge in [-0.15, -0.1) is 0 Å². The molecule has 4 heteroatoms. The third-order valence-corrected chi connectivity index (χ3v) is 3.18. The van der Waals surface area contributed by atoms with E-state index in [9.17, 15) is 9.50 Å².